The molecule has 0 fully saturated rings. The van der Waals surface area contributed by atoms with Crippen LogP contribution in [0.3, 0.4) is 0 Å². The van der Waals surface area contributed by atoms with E-state index in [2.05, 4.69) is 9.88 Å². The molecule has 7 heteroatoms. The first-order valence-electron chi connectivity index (χ1n) is 6.70. The van der Waals surface area contributed by atoms with Crippen LogP contribution in [0.5, 0.6) is 0 Å². The molecule has 0 saturated heterocycles. The predicted octanol–water partition coefficient (Wildman–Crippen LogP) is 2.62. The van der Waals surface area contributed by atoms with Crippen LogP contribution in [0.2, 0.25) is 0 Å². The van der Waals surface area contributed by atoms with E-state index >= 15 is 0 Å². The van der Waals surface area contributed by atoms with E-state index in [4.69, 9.17) is 4.52 Å². The van der Waals surface area contributed by atoms with Crippen LogP contribution >= 0.6 is 0 Å². The fourth-order valence-electron chi connectivity index (χ4n) is 1.86. The van der Waals surface area contributed by atoms with Crippen LogP contribution in [0.25, 0.3) is 6.08 Å². The Hall–Kier alpha value is -2.28. The van der Waals surface area contributed by atoms with E-state index in [1.165, 1.54) is 0 Å². The number of nitrogens with zero attached hydrogens (tertiary/aromatic N) is 2. The second-order valence-corrected chi connectivity index (χ2v) is 6.83. The first-order valence-corrected chi connectivity index (χ1v) is 8.18. The van der Waals surface area contributed by atoms with Gasteiger partial charge in [-0.05, 0) is 26.0 Å². The van der Waals surface area contributed by atoms with Crippen molar-refractivity contribution in [1.82, 2.24) is 10.1 Å². The summed E-state index contributed by atoms with van der Waals surface area (Å²) in [6.45, 7) is 3.53. The van der Waals surface area contributed by atoms with Gasteiger partial charge in [-0.15, -0.1) is 0 Å². The maximum Gasteiger partial charge on any atom is 0.267 e. The maximum atomic E-state index is 12.6. The minimum atomic E-state index is -3.77. The van der Waals surface area contributed by atoms with Gasteiger partial charge >= 0.3 is 0 Å². The fourth-order valence-corrected chi connectivity index (χ4v) is 3.20. The molecule has 1 aromatic carbocycles. The number of anilines is 1. The summed E-state index contributed by atoms with van der Waals surface area (Å²) in [7, 11) is -0.104. The molecule has 1 N–H and O–H groups in total. The van der Waals surface area contributed by atoms with E-state index < -0.39 is 10.0 Å². The Kier molecular flexibility index (Phi) is 4.56. The standard InChI is InChI=1S/C15H19N3O3S/c1-11-5-7-13(8-6-11)17-22(19,20)15-12(2)16-21-14(15)9-10-18(3)4/h5-10,17H,1-4H3/b10-9+. The molecule has 2 aromatic rings. The van der Waals surface area contributed by atoms with Crippen molar-refractivity contribution in [3.05, 3.63) is 47.5 Å². The molecule has 0 aliphatic heterocycles. The number of nitrogens with one attached hydrogen (secondary N) is 1. The summed E-state index contributed by atoms with van der Waals surface area (Å²) >= 11 is 0. The second-order valence-electron chi connectivity index (χ2n) is 5.21. The van der Waals surface area contributed by atoms with Gasteiger partial charge in [0, 0.05) is 32.1 Å². The highest BCUT2D eigenvalue weighted by atomic mass is 32.2. The van der Waals surface area contributed by atoms with Gasteiger partial charge in [-0.2, -0.15) is 0 Å². The van der Waals surface area contributed by atoms with E-state index in [0.29, 0.717) is 11.4 Å². The van der Waals surface area contributed by atoms with Gasteiger partial charge in [0.15, 0.2) is 10.7 Å². The summed E-state index contributed by atoms with van der Waals surface area (Å²) in [6, 6.07) is 7.10. The Labute approximate surface area is 130 Å². The Morgan fingerprint density at radius 3 is 2.41 bits per heavy atom. The maximum absolute atomic E-state index is 12.6. The Balaban J connectivity index is 2.37. The lowest BCUT2D eigenvalue weighted by atomic mass is 10.2. The Bertz CT molecular complexity index is 775. The molecule has 6 nitrogen and oxygen atoms in total. The molecule has 0 amide bonds. The molecule has 1 heterocycles. The van der Waals surface area contributed by atoms with Crippen molar-refractivity contribution in [3.8, 4) is 0 Å². The minimum Gasteiger partial charge on any atom is -0.383 e. The zero-order valence-electron chi connectivity index (χ0n) is 13.0. The SMILES string of the molecule is Cc1ccc(NS(=O)(=O)c2c(C)noc2/C=C/N(C)C)cc1. The molecule has 0 saturated carbocycles. The minimum absolute atomic E-state index is 0.0474. The molecule has 2 rings (SSSR count). The third-order valence-electron chi connectivity index (χ3n) is 2.93. The van der Waals surface area contributed by atoms with E-state index in [1.807, 2.05) is 33.2 Å². The van der Waals surface area contributed by atoms with E-state index in [9.17, 15) is 8.42 Å². The van der Waals surface area contributed by atoms with Crippen molar-refractivity contribution in [1.29, 1.82) is 0 Å². The molecule has 0 aliphatic rings. The van der Waals surface area contributed by atoms with Crippen molar-refractivity contribution in [2.75, 3.05) is 18.8 Å². The van der Waals surface area contributed by atoms with Gasteiger partial charge in [0.05, 0.1) is 0 Å². The summed E-state index contributed by atoms with van der Waals surface area (Å²) in [5.74, 6) is 0.200. The number of benzene rings is 1. The molecule has 0 radical (unpaired) electrons. The van der Waals surface area contributed by atoms with Crippen molar-refractivity contribution < 1.29 is 12.9 Å². The smallest absolute Gasteiger partial charge is 0.267 e. The van der Waals surface area contributed by atoms with Gasteiger partial charge in [-0.25, -0.2) is 8.42 Å². The number of aromatic nitrogens is 1. The van der Waals surface area contributed by atoms with Gasteiger partial charge in [0.25, 0.3) is 10.0 Å². The first kappa shape index (κ1) is 16.1. The molecular formula is C15H19N3O3S. The number of rotatable bonds is 5. The molecule has 22 heavy (non-hydrogen) atoms. The molecule has 0 unspecified atom stereocenters. The van der Waals surface area contributed by atoms with Crippen molar-refractivity contribution >= 4 is 21.8 Å². The Morgan fingerprint density at radius 1 is 1.18 bits per heavy atom. The van der Waals surface area contributed by atoms with Crippen LogP contribution in [0.15, 0.2) is 39.9 Å². The summed E-state index contributed by atoms with van der Waals surface area (Å²) in [5, 5.41) is 3.75. The highest BCUT2D eigenvalue weighted by Gasteiger charge is 2.25. The van der Waals surface area contributed by atoms with Gasteiger partial charge < -0.3 is 9.42 Å². The highest BCUT2D eigenvalue weighted by Crippen LogP contribution is 2.24. The summed E-state index contributed by atoms with van der Waals surface area (Å²) in [6.07, 6.45) is 3.27. The van der Waals surface area contributed by atoms with Crippen LogP contribution in [-0.2, 0) is 10.0 Å². The van der Waals surface area contributed by atoms with Crippen molar-refractivity contribution in [3.63, 3.8) is 0 Å². The van der Waals surface area contributed by atoms with E-state index in [1.54, 1.807) is 36.2 Å². The lowest BCUT2D eigenvalue weighted by molar-refractivity contribution is 0.405. The first-order chi connectivity index (χ1) is 10.3. The van der Waals surface area contributed by atoms with Crippen LogP contribution in [0.4, 0.5) is 5.69 Å². The molecule has 118 valence electrons. The van der Waals surface area contributed by atoms with Crippen LogP contribution < -0.4 is 4.72 Å². The van der Waals surface area contributed by atoms with Gasteiger partial charge in [-0.1, -0.05) is 22.9 Å². The number of hydrogen-bond donors (Lipinski definition) is 1. The average Bonchev–Trinajstić information content (AvgIpc) is 2.81. The Morgan fingerprint density at radius 2 is 1.82 bits per heavy atom. The topological polar surface area (TPSA) is 75.4 Å². The number of aryl methyl sites for hydroxylation is 2. The third kappa shape index (κ3) is 3.67. The van der Waals surface area contributed by atoms with Crippen molar-refractivity contribution in [2.24, 2.45) is 0 Å². The number of hydrogen-bond acceptors (Lipinski definition) is 5. The predicted molar refractivity (Wildman–Crippen MR) is 85.9 cm³/mol. The normalized spacial score (nSPS) is 11.8. The molecule has 1 aromatic heterocycles. The lowest BCUT2D eigenvalue weighted by Gasteiger charge is -2.08. The van der Waals surface area contributed by atoms with Crippen LogP contribution in [-0.4, -0.2) is 32.6 Å². The monoisotopic (exact) mass is 321 g/mol. The second kappa shape index (κ2) is 6.23. The van der Waals surface area contributed by atoms with E-state index in [0.717, 1.165) is 5.56 Å². The highest BCUT2D eigenvalue weighted by molar-refractivity contribution is 7.92. The van der Waals surface area contributed by atoms with Crippen LogP contribution in [0.1, 0.15) is 17.0 Å². The molecule has 0 spiro atoms. The molecule has 0 aliphatic carbocycles. The zero-order valence-corrected chi connectivity index (χ0v) is 13.8. The summed E-state index contributed by atoms with van der Waals surface area (Å²) in [4.78, 5) is 1.83. The van der Waals surface area contributed by atoms with E-state index in [-0.39, 0.29) is 10.7 Å². The average molecular weight is 321 g/mol. The molecular weight excluding hydrogens is 302 g/mol. The van der Waals surface area contributed by atoms with Crippen molar-refractivity contribution in [2.45, 2.75) is 18.7 Å². The largest absolute Gasteiger partial charge is 0.383 e. The number of sulfonamides is 1. The fraction of sp³-hybridized carbons (Fsp3) is 0.267. The quantitative estimate of drug-likeness (QED) is 0.916. The summed E-state index contributed by atoms with van der Waals surface area (Å²) < 4.78 is 32.8. The van der Waals surface area contributed by atoms with Crippen LogP contribution in [0, 0.1) is 13.8 Å². The summed E-state index contributed by atoms with van der Waals surface area (Å²) in [5.41, 5.74) is 1.87. The van der Waals surface area contributed by atoms with Gasteiger partial charge in [-0.3, -0.25) is 4.72 Å². The van der Waals surface area contributed by atoms with Gasteiger partial charge in [0.1, 0.15) is 5.69 Å². The molecule has 0 bridgehead atoms. The lowest BCUT2D eigenvalue weighted by Crippen LogP contribution is -2.14. The van der Waals surface area contributed by atoms with Gasteiger partial charge in [0.2, 0.25) is 0 Å². The zero-order chi connectivity index (χ0) is 16.3. The molecule has 0 atom stereocenters. The third-order valence-corrected chi connectivity index (χ3v) is 4.47.